The van der Waals surface area contributed by atoms with Crippen LogP contribution in [0.1, 0.15) is 24.4 Å². The molecule has 0 bridgehead atoms. The largest absolute Gasteiger partial charge is 0.325 e. The molecule has 2 heterocycles. The summed E-state index contributed by atoms with van der Waals surface area (Å²) in [5, 5.41) is 11.8. The van der Waals surface area contributed by atoms with Crippen molar-refractivity contribution in [2.75, 3.05) is 10.7 Å². The number of benzene rings is 2. The zero-order valence-corrected chi connectivity index (χ0v) is 15.1. The van der Waals surface area contributed by atoms with E-state index in [-0.39, 0.29) is 17.2 Å². The minimum Gasteiger partial charge on any atom is -0.325 e. The lowest BCUT2D eigenvalue weighted by atomic mass is 10.0. The van der Waals surface area contributed by atoms with Gasteiger partial charge in [-0.15, -0.1) is 10.2 Å². The number of hydrogen-bond donors (Lipinski definition) is 2. The van der Waals surface area contributed by atoms with E-state index in [9.17, 15) is 4.79 Å². The number of para-hydroxylation sites is 1. The van der Waals surface area contributed by atoms with Crippen molar-refractivity contribution >= 4 is 23.4 Å². The Morgan fingerprint density at radius 3 is 2.50 bits per heavy atom. The normalized spacial score (nSPS) is 18.7. The van der Waals surface area contributed by atoms with E-state index >= 15 is 0 Å². The van der Waals surface area contributed by atoms with Crippen LogP contribution in [0.3, 0.4) is 0 Å². The molecule has 6 nitrogen and oxygen atoms in total. The number of carbonyl (C=O) groups is 1. The molecule has 2 atom stereocenters. The van der Waals surface area contributed by atoms with Crippen molar-refractivity contribution in [2.45, 2.75) is 29.8 Å². The van der Waals surface area contributed by atoms with Crippen LogP contribution < -0.4 is 10.7 Å². The number of nitrogens with one attached hydrogen (secondary N) is 2. The number of amides is 1. The van der Waals surface area contributed by atoms with Gasteiger partial charge in [-0.25, -0.2) is 4.68 Å². The van der Waals surface area contributed by atoms with Crippen LogP contribution in [0.4, 0.5) is 5.69 Å². The van der Waals surface area contributed by atoms with E-state index in [1.54, 1.807) is 0 Å². The number of nitrogens with zero attached hydrogens (tertiary/aromatic N) is 3. The highest BCUT2D eigenvalue weighted by Crippen LogP contribution is 2.37. The number of aryl methyl sites for hydroxylation is 1. The van der Waals surface area contributed by atoms with E-state index in [4.69, 9.17) is 0 Å². The molecule has 0 saturated carbocycles. The van der Waals surface area contributed by atoms with Gasteiger partial charge in [-0.2, -0.15) is 0 Å². The van der Waals surface area contributed by atoms with E-state index in [0.29, 0.717) is 5.16 Å². The van der Waals surface area contributed by atoms with Crippen LogP contribution in [-0.2, 0) is 11.2 Å². The minimum atomic E-state index is -0.362. The van der Waals surface area contributed by atoms with Crippen LogP contribution in [0.2, 0.25) is 0 Å². The van der Waals surface area contributed by atoms with Gasteiger partial charge in [-0.1, -0.05) is 67.2 Å². The zero-order chi connectivity index (χ0) is 17.9. The molecule has 3 aromatic rings. The highest BCUT2D eigenvalue weighted by atomic mass is 32.2. The Bertz CT molecular complexity index is 897. The number of aromatic nitrogens is 3. The molecule has 0 spiro atoms. The second-order valence-electron chi connectivity index (χ2n) is 6.00. The first kappa shape index (κ1) is 16.7. The van der Waals surface area contributed by atoms with Gasteiger partial charge in [0, 0.05) is 12.1 Å². The average Bonchev–Trinajstić information content (AvgIpc) is 3.10. The van der Waals surface area contributed by atoms with E-state index in [2.05, 4.69) is 20.9 Å². The number of thioether (sulfide) groups is 1. The van der Waals surface area contributed by atoms with Gasteiger partial charge in [0.2, 0.25) is 11.1 Å². The summed E-state index contributed by atoms with van der Waals surface area (Å²) in [6.45, 7) is 2.04. The molecular formula is C19H19N5OS. The molecule has 7 heteroatoms. The number of rotatable bonds is 4. The van der Waals surface area contributed by atoms with Crippen LogP contribution in [0, 0.1) is 0 Å². The first-order chi connectivity index (χ1) is 12.8. The Labute approximate surface area is 156 Å². The fourth-order valence-electron chi connectivity index (χ4n) is 2.97. The zero-order valence-electron chi connectivity index (χ0n) is 14.3. The van der Waals surface area contributed by atoms with E-state index in [0.717, 1.165) is 23.5 Å². The van der Waals surface area contributed by atoms with Gasteiger partial charge in [-0.05, 0) is 17.7 Å². The maximum Gasteiger partial charge on any atom is 0.240 e. The predicted molar refractivity (Wildman–Crippen MR) is 103 cm³/mol. The lowest BCUT2D eigenvalue weighted by Crippen LogP contribution is -2.41. The number of anilines is 1. The second-order valence-corrected chi connectivity index (χ2v) is 7.11. The molecule has 4 rings (SSSR count). The van der Waals surface area contributed by atoms with Gasteiger partial charge in [0.1, 0.15) is 5.25 Å². The van der Waals surface area contributed by atoms with E-state index in [1.165, 1.54) is 11.8 Å². The molecule has 0 aliphatic carbocycles. The predicted octanol–water partition coefficient (Wildman–Crippen LogP) is 3.24. The van der Waals surface area contributed by atoms with Crippen LogP contribution in [0.5, 0.6) is 0 Å². The Balaban J connectivity index is 1.67. The maximum atomic E-state index is 13.0. The lowest BCUT2D eigenvalue weighted by Gasteiger charge is -2.32. The van der Waals surface area contributed by atoms with Crippen molar-refractivity contribution in [3.8, 4) is 0 Å². The van der Waals surface area contributed by atoms with Crippen molar-refractivity contribution < 1.29 is 4.79 Å². The van der Waals surface area contributed by atoms with E-state index in [1.807, 2.05) is 72.3 Å². The molecule has 0 unspecified atom stereocenters. The quantitative estimate of drug-likeness (QED) is 0.743. The molecular weight excluding hydrogens is 346 g/mol. The van der Waals surface area contributed by atoms with E-state index < -0.39 is 0 Å². The van der Waals surface area contributed by atoms with Crippen molar-refractivity contribution in [3.05, 3.63) is 72.1 Å². The summed E-state index contributed by atoms with van der Waals surface area (Å²) in [7, 11) is 0. The van der Waals surface area contributed by atoms with Crippen molar-refractivity contribution in [1.82, 2.24) is 14.9 Å². The number of hydrogen-bond acceptors (Lipinski definition) is 5. The Morgan fingerprint density at radius 1 is 1.12 bits per heavy atom. The number of fused-ring (bicyclic) bond motifs is 1. The molecule has 132 valence electrons. The Hall–Kier alpha value is -2.80. The molecule has 0 fully saturated rings. The minimum absolute atomic E-state index is 0.0603. The molecule has 1 amide bonds. The Kier molecular flexibility index (Phi) is 4.62. The third-order valence-corrected chi connectivity index (χ3v) is 5.49. The highest BCUT2D eigenvalue weighted by Gasteiger charge is 2.37. The van der Waals surface area contributed by atoms with Crippen LogP contribution in [-0.4, -0.2) is 26.0 Å². The van der Waals surface area contributed by atoms with Gasteiger partial charge in [0.25, 0.3) is 0 Å². The molecule has 2 aromatic carbocycles. The van der Waals surface area contributed by atoms with Crippen LogP contribution in [0.15, 0.2) is 65.8 Å². The molecule has 1 aromatic heterocycles. The second kappa shape index (κ2) is 7.21. The molecule has 0 saturated heterocycles. The smallest absolute Gasteiger partial charge is 0.240 e. The summed E-state index contributed by atoms with van der Waals surface area (Å²) in [6, 6.07) is 19.3. The molecule has 1 aliphatic rings. The monoisotopic (exact) mass is 365 g/mol. The first-order valence-corrected chi connectivity index (χ1v) is 9.42. The van der Waals surface area contributed by atoms with Crippen molar-refractivity contribution in [3.63, 3.8) is 0 Å². The van der Waals surface area contributed by atoms with Crippen LogP contribution >= 0.6 is 11.8 Å². The first-order valence-electron chi connectivity index (χ1n) is 8.54. The molecule has 26 heavy (non-hydrogen) atoms. The van der Waals surface area contributed by atoms with Crippen molar-refractivity contribution in [2.24, 2.45) is 0 Å². The third kappa shape index (κ3) is 3.17. The van der Waals surface area contributed by atoms with Gasteiger partial charge in [-0.3, -0.25) is 4.79 Å². The van der Waals surface area contributed by atoms with Gasteiger partial charge < -0.3 is 10.7 Å². The molecule has 2 N–H and O–H groups in total. The standard InChI is InChI=1S/C19H19N5OS/c1-2-15-21-22-19-24(15)23-16(13-9-5-3-6-10-13)17(26-19)18(25)20-14-11-7-4-8-12-14/h3-12,16-17,23H,2H2,1H3,(H,20,25)/t16-,17+/m1/s1. The van der Waals surface area contributed by atoms with Gasteiger partial charge >= 0.3 is 0 Å². The average molecular weight is 365 g/mol. The summed E-state index contributed by atoms with van der Waals surface area (Å²) in [5.41, 5.74) is 5.27. The lowest BCUT2D eigenvalue weighted by molar-refractivity contribution is -0.116. The summed E-state index contributed by atoms with van der Waals surface area (Å²) >= 11 is 1.44. The summed E-state index contributed by atoms with van der Waals surface area (Å²) < 4.78 is 1.90. The topological polar surface area (TPSA) is 71.8 Å². The van der Waals surface area contributed by atoms with Gasteiger partial charge in [0.15, 0.2) is 5.82 Å². The summed E-state index contributed by atoms with van der Waals surface area (Å²) in [6.07, 6.45) is 0.767. The summed E-state index contributed by atoms with van der Waals surface area (Å²) in [5.74, 6) is 0.796. The third-order valence-electron chi connectivity index (χ3n) is 4.28. The fraction of sp³-hybridized carbons (Fsp3) is 0.211. The maximum absolute atomic E-state index is 13.0. The van der Waals surface area contributed by atoms with Crippen LogP contribution in [0.25, 0.3) is 0 Å². The number of carbonyl (C=O) groups excluding carboxylic acids is 1. The Morgan fingerprint density at radius 2 is 1.81 bits per heavy atom. The van der Waals surface area contributed by atoms with Crippen molar-refractivity contribution in [1.29, 1.82) is 0 Å². The SMILES string of the molecule is CCc1nnc2n1N[C@H](c1ccccc1)[C@@H](C(=O)Nc1ccccc1)S2. The summed E-state index contributed by atoms with van der Waals surface area (Å²) in [4.78, 5) is 13.0. The molecule has 0 radical (unpaired) electrons. The fourth-order valence-corrected chi connectivity index (χ4v) is 4.07. The molecule has 1 aliphatic heterocycles. The highest BCUT2D eigenvalue weighted by molar-refractivity contribution is 8.00. The van der Waals surface area contributed by atoms with Gasteiger partial charge in [0.05, 0.1) is 6.04 Å².